The van der Waals surface area contributed by atoms with E-state index in [0.29, 0.717) is 22.5 Å². The van der Waals surface area contributed by atoms with Crippen LogP contribution in [0.3, 0.4) is 0 Å². The van der Waals surface area contributed by atoms with Crippen molar-refractivity contribution >= 4 is 34.8 Å². The van der Waals surface area contributed by atoms with E-state index >= 15 is 0 Å². The van der Waals surface area contributed by atoms with Gasteiger partial charge in [-0.15, -0.1) is 0 Å². The van der Waals surface area contributed by atoms with E-state index in [4.69, 9.17) is 23.2 Å². The van der Waals surface area contributed by atoms with Gasteiger partial charge in [0.15, 0.2) is 0 Å². The highest BCUT2D eigenvalue weighted by Gasteiger charge is 2.12. The van der Waals surface area contributed by atoms with E-state index in [1.807, 2.05) is 0 Å². The fourth-order valence-corrected chi connectivity index (χ4v) is 1.66. The molecule has 0 saturated heterocycles. The number of hydrogen-bond acceptors (Lipinski definition) is 2. The maximum atomic E-state index is 11.8. The Balaban J connectivity index is 2.55. The van der Waals surface area contributed by atoms with Crippen LogP contribution in [0.2, 0.25) is 10.0 Å². The third-order valence-corrected chi connectivity index (χ3v) is 3.12. The summed E-state index contributed by atoms with van der Waals surface area (Å²) in [5.41, 5.74) is 0.775. The van der Waals surface area contributed by atoms with Gasteiger partial charge in [0, 0.05) is 12.2 Å². The molecule has 0 aliphatic carbocycles. The predicted molar refractivity (Wildman–Crippen MR) is 77.4 cm³/mol. The van der Waals surface area contributed by atoms with Crippen LogP contribution >= 0.6 is 23.2 Å². The number of benzene rings is 1. The average molecular weight is 289 g/mol. The summed E-state index contributed by atoms with van der Waals surface area (Å²) in [5, 5.41) is 6.91. The van der Waals surface area contributed by atoms with Gasteiger partial charge in [-0.2, -0.15) is 0 Å². The fraction of sp³-hybridized carbons (Fsp3) is 0.462. The van der Waals surface area contributed by atoms with Crippen LogP contribution in [0.15, 0.2) is 18.2 Å². The Labute approximate surface area is 118 Å². The zero-order valence-electron chi connectivity index (χ0n) is 10.8. The minimum Gasteiger partial charge on any atom is -0.374 e. The molecule has 0 bridgehead atoms. The van der Waals surface area contributed by atoms with Crippen molar-refractivity contribution in [2.24, 2.45) is 5.92 Å². The molecule has 0 radical (unpaired) electrons. The average Bonchev–Trinajstić information content (AvgIpc) is 2.30. The molecule has 0 aromatic heterocycles. The third kappa shape index (κ3) is 4.75. The Hall–Kier alpha value is -0.930. The number of carbonyl (C=O) groups is 1. The summed E-state index contributed by atoms with van der Waals surface area (Å²) < 4.78 is 0. The first-order valence-corrected chi connectivity index (χ1v) is 6.65. The summed E-state index contributed by atoms with van der Waals surface area (Å²) in [6, 6.07) is 4.88. The van der Waals surface area contributed by atoms with Crippen LogP contribution in [-0.4, -0.2) is 18.5 Å². The molecule has 1 aromatic carbocycles. The highest BCUT2D eigenvalue weighted by Crippen LogP contribution is 2.25. The van der Waals surface area contributed by atoms with Gasteiger partial charge in [-0.3, -0.25) is 4.79 Å². The summed E-state index contributed by atoms with van der Waals surface area (Å²) in [5.74, 6) is 0.404. The number of anilines is 1. The molecule has 0 spiro atoms. The minimum absolute atomic E-state index is 0.0326. The first-order chi connectivity index (χ1) is 8.40. The summed E-state index contributed by atoms with van der Waals surface area (Å²) in [7, 11) is 0. The Morgan fingerprint density at radius 1 is 1.22 bits per heavy atom. The molecule has 1 amide bonds. The van der Waals surface area contributed by atoms with Crippen molar-refractivity contribution in [1.82, 2.24) is 5.32 Å². The van der Waals surface area contributed by atoms with E-state index in [0.717, 1.165) is 5.69 Å². The summed E-state index contributed by atoms with van der Waals surface area (Å²) >= 11 is 11.7. The molecule has 2 N–H and O–H groups in total. The molecule has 1 unspecified atom stereocenters. The molecule has 18 heavy (non-hydrogen) atoms. The van der Waals surface area contributed by atoms with Gasteiger partial charge < -0.3 is 10.6 Å². The third-order valence-electron chi connectivity index (χ3n) is 2.38. The zero-order chi connectivity index (χ0) is 13.7. The van der Waals surface area contributed by atoms with Crippen LogP contribution in [0.4, 0.5) is 5.69 Å². The summed E-state index contributed by atoms with van der Waals surface area (Å²) in [6.07, 6.45) is 0. The van der Waals surface area contributed by atoms with E-state index < -0.39 is 0 Å². The first-order valence-electron chi connectivity index (χ1n) is 5.89. The van der Waals surface area contributed by atoms with E-state index in [1.165, 1.54) is 0 Å². The molecule has 1 aromatic rings. The Morgan fingerprint density at radius 2 is 1.89 bits per heavy atom. The number of carbonyl (C=O) groups excluding carboxylic acids is 1. The topological polar surface area (TPSA) is 41.1 Å². The van der Waals surface area contributed by atoms with Crippen molar-refractivity contribution in [3.05, 3.63) is 28.2 Å². The van der Waals surface area contributed by atoms with Crippen LogP contribution in [0.25, 0.3) is 0 Å². The van der Waals surface area contributed by atoms with Gasteiger partial charge >= 0.3 is 0 Å². The number of hydrogen-bond donors (Lipinski definition) is 2. The first kappa shape index (κ1) is 15.1. The largest absolute Gasteiger partial charge is 0.374 e. The van der Waals surface area contributed by atoms with E-state index in [2.05, 4.69) is 24.5 Å². The van der Waals surface area contributed by atoms with Crippen LogP contribution in [0.1, 0.15) is 20.8 Å². The monoisotopic (exact) mass is 288 g/mol. The highest BCUT2D eigenvalue weighted by atomic mass is 35.5. The Morgan fingerprint density at radius 3 is 2.44 bits per heavy atom. The summed E-state index contributed by atoms with van der Waals surface area (Å²) in [6.45, 7) is 6.58. The normalized spacial score (nSPS) is 12.3. The maximum absolute atomic E-state index is 11.8. The summed E-state index contributed by atoms with van der Waals surface area (Å²) in [4.78, 5) is 11.8. The van der Waals surface area contributed by atoms with Crippen LogP contribution in [-0.2, 0) is 4.79 Å². The van der Waals surface area contributed by atoms with E-state index in [1.54, 1.807) is 25.1 Å². The molecular weight excluding hydrogens is 271 g/mol. The maximum Gasteiger partial charge on any atom is 0.242 e. The lowest BCUT2D eigenvalue weighted by molar-refractivity contribution is -0.121. The van der Waals surface area contributed by atoms with Crippen LogP contribution < -0.4 is 10.6 Å². The van der Waals surface area contributed by atoms with E-state index in [-0.39, 0.29) is 11.9 Å². The van der Waals surface area contributed by atoms with Gasteiger partial charge in [0.25, 0.3) is 0 Å². The molecule has 0 fully saturated rings. The van der Waals surface area contributed by atoms with Gasteiger partial charge in [-0.25, -0.2) is 0 Å². The zero-order valence-corrected chi connectivity index (χ0v) is 12.3. The molecule has 5 heteroatoms. The number of amides is 1. The standard InChI is InChI=1S/C13H18Cl2N2O/c1-8(2)7-16-13(18)9(3)17-10-4-5-11(14)12(15)6-10/h4-6,8-9,17H,7H2,1-3H3,(H,16,18). The second-order valence-electron chi connectivity index (χ2n) is 4.63. The quantitative estimate of drug-likeness (QED) is 0.870. The van der Waals surface area contributed by atoms with Crippen LogP contribution in [0, 0.1) is 5.92 Å². The Kier molecular flexibility index (Phi) is 5.76. The molecule has 0 saturated carbocycles. The molecule has 1 rings (SSSR count). The molecule has 100 valence electrons. The van der Waals surface area contributed by atoms with Crippen molar-refractivity contribution < 1.29 is 4.79 Å². The molecule has 0 aliphatic rings. The number of rotatable bonds is 5. The lowest BCUT2D eigenvalue weighted by atomic mass is 10.2. The molecular formula is C13H18Cl2N2O. The molecule has 3 nitrogen and oxygen atoms in total. The van der Waals surface area contributed by atoms with Gasteiger partial charge in [0.2, 0.25) is 5.91 Å². The van der Waals surface area contributed by atoms with E-state index in [9.17, 15) is 4.79 Å². The predicted octanol–water partition coefficient (Wildman–Crippen LogP) is 3.57. The molecule has 0 heterocycles. The van der Waals surface area contributed by atoms with Gasteiger partial charge in [0.1, 0.15) is 6.04 Å². The van der Waals surface area contributed by atoms with Crippen molar-refractivity contribution in [3.8, 4) is 0 Å². The smallest absolute Gasteiger partial charge is 0.242 e. The Bertz CT molecular complexity index is 421. The van der Waals surface area contributed by atoms with Crippen molar-refractivity contribution in [1.29, 1.82) is 0 Å². The van der Waals surface area contributed by atoms with Gasteiger partial charge in [0.05, 0.1) is 10.0 Å². The number of nitrogens with one attached hydrogen (secondary N) is 2. The van der Waals surface area contributed by atoms with Crippen LogP contribution in [0.5, 0.6) is 0 Å². The van der Waals surface area contributed by atoms with Crippen molar-refractivity contribution in [3.63, 3.8) is 0 Å². The molecule has 1 atom stereocenters. The molecule has 0 aliphatic heterocycles. The van der Waals surface area contributed by atoms with Crippen molar-refractivity contribution in [2.75, 3.05) is 11.9 Å². The highest BCUT2D eigenvalue weighted by molar-refractivity contribution is 6.42. The van der Waals surface area contributed by atoms with Gasteiger partial charge in [-0.1, -0.05) is 37.0 Å². The lowest BCUT2D eigenvalue weighted by Gasteiger charge is -2.16. The number of halogens is 2. The second-order valence-corrected chi connectivity index (χ2v) is 5.45. The second kappa shape index (κ2) is 6.86. The fourth-order valence-electron chi connectivity index (χ4n) is 1.36. The van der Waals surface area contributed by atoms with Gasteiger partial charge in [-0.05, 0) is 31.0 Å². The lowest BCUT2D eigenvalue weighted by Crippen LogP contribution is -2.39. The minimum atomic E-state index is -0.319. The van der Waals surface area contributed by atoms with Crippen molar-refractivity contribution in [2.45, 2.75) is 26.8 Å². The SMILES string of the molecule is CC(C)CNC(=O)C(C)Nc1ccc(Cl)c(Cl)c1.